The van der Waals surface area contributed by atoms with Gasteiger partial charge in [0.05, 0.1) is 0 Å². The number of allylic oxidation sites excluding steroid dienone is 8. The van der Waals surface area contributed by atoms with Crippen LogP contribution in [0.15, 0.2) is 59.8 Å². The Balaban J connectivity index is 2.23. The van der Waals surface area contributed by atoms with Crippen LogP contribution in [-0.4, -0.2) is 0 Å². The maximum absolute atomic E-state index is 12.6. The number of halogens is 1. The smallest absolute Gasteiger partial charge is 0.119 e. The summed E-state index contributed by atoms with van der Waals surface area (Å²) < 4.78 is 12.6. The molecule has 2 heteroatoms. The molecule has 0 unspecified atom stereocenters. The van der Waals surface area contributed by atoms with Gasteiger partial charge in [-0.15, -0.1) is 0 Å². The minimum atomic E-state index is -0.153. The van der Waals surface area contributed by atoms with Gasteiger partial charge in [-0.2, -0.15) is 0 Å². The molecule has 0 saturated carbocycles. The third-order valence-corrected chi connectivity index (χ3v) is 2.02. The van der Waals surface area contributed by atoms with E-state index < -0.39 is 0 Å². The van der Waals surface area contributed by atoms with Gasteiger partial charge < -0.3 is 5.32 Å². The highest BCUT2D eigenvalue weighted by atomic mass is 19.1. The minimum absolute atomic E-state index is 0.153. The summed E-state index contributed by atoms with van der Waals surface area (Å²) in [6.45, 7) is 0. The molecule has 1 heterocycles. The molecule has 0 bridgehead atoms. The molecular formula is C11H10FN. The van der Waals surface area contributed by atoms with Crippen molar-refractivity contribution >= 4 is 0 Å². The molecular weight excluding hydrogens is 165 g/mol. The van der Waals surface area contributed by atoms with Crippen LogP contribution in [0.3, 0.4) is 0 Å². The molecule has 13 heavy (non-hydrogen) atoms. The third-order valence-electron chi connectivity index (χ3n) is 2.02. The molecule has 1 N–H and O–H groups in total. The fourth-order valence-corrected chi connectivity index (χ4v) is 1.32. The molecule has 0 spiro atoms. The molecule has 66 valence electrons. The first-order chi connectivity index (χ1) is 6.36. The molecule has 0 aromatic heterocycles. The van der Waals surface area contributed by atoms with E-state index in [9.17, 15) is 4.39 Å². The second kappa shape index (κ2) is 3.44. The molecule has 1 nitrogen and oxygen atoms in total. The standard InChI is InChI=1S/C11H10FN/c12-10-6-4-9(5-7-10)11-3-1-2-8-13-11/h1-4,6-8,13H,5H2. The Morgan fingerprint density at radius 3 is 2.69 bits per heavy atom. The van der Waals surface area contributed by atoms with Crippen LogP contribution in [0.4, 0.5) is 4.39 Å². The van der Waals surface area contributed by atoms with Gasteiger partial charge >= 0.3 is 0 Å². The highest BCUT2D eigenvalue weighted by Crippen LogP contribution is 2.19. The van der Waals surface area contributed by atoms with Crippen LogP contribution in [0.2, 0.25) is 0 Å². The van der Waals surface area contributed by atoms with Crippen LogP contribution in [-0.2, 0) is 0 Å². The molecule has 0 amide bonds. The van der Waals surface area contributed by atoms with Crippen molar-refractivity contribution in [3.05, 3.63) is 59.8 Å². The average Bonchev–Trinajstić information content (AvgIpc) is 2.20. The van der Waals surface area contributed by atoms with E-state index in [1.54, 1.807) is 12.2 Å². The molecule has 2 rings (SSSR count). The predicted molar refractivity (Wildman–Crippen MR) is 51.4 cm³/mol. The van der Waals surface area contributed by atoms with Crippen molar-refractivity contribution in [2.24, 2.45) is 0 Å². The number of nitrogens with one attached hydrogen (secondary N) is 1. The van der Waals surface area contributed by atoms with E-state index in [0.717, 1.165) is 11.3 Å². The van der Waals surface area contributed by atoms with E-state index >= 15 is 0 Å². The Morgan fingerprint density at radius 1 is 1.15 bits per heavy atom. The minimum Gasteiger partial charge on any atom is -0.361 e. The molecule has 0 aromatic carbocycles. The lowest BCUT2D eigenvalue weighted by Gasteiger charge is -2.11. The van der Waals surface area contributed by atoms with Crippen molar-refractivity contribution < 1.29 is 4.39 Å². The summed E-state index contributed by atoms with van der Waals surface area (Å²) in [6, 6.07) is 0. The summed E-state index contributed by atoms with van der Waals surface area (Å²) in [7, 11) is 0. The summed E-state index contributed by atoms with van der Waals surface area (Å²) in [5.74, 6) is -0.153. The van der Waals surface area contributed by atoms with Crippen molar-refractivity contribution in [3.8, 4) is 0 Å². The summed E-state index contributed by atoms with van der Waals surface area (Å²) in [6.07, 6.45) is 13.3. The molecule has 1 aliphatic carbocycles. The molecule has 2 aliphatic rings. The van der Waals surface area contributed by atoms with Crippen LogP contribution in [0.25, 0.3) is 0 Å². The van der Waals surface area contributed by atoms with Crippen LogP contribution in [0, 0.1) is 0 Å². The van der Waals surface area contributed by atoms with Crippen molar-refractivity contribution in [2.75, 3.05) is 0 Å². The first-order valence-electron chi connectivity index (χ1n) is 4.23. The van der Waals surface area contributed by atoms with Crippen molar-refractivity contribution in [1.82, 2.24) is 5.32 Å². The lowest BCUT2D eigenvalue weighted by atomic mass is 10.0. The molecule has 0 saturated heterocycles. The van der Waals surface area contributed by atoms with Gasteiger partial charge in [0.2, 0.25) is 0 Å². The Morgan fingerprint density at radius 2 is 2.08 bits per heavy atom. The molecule has 0 atom stereocenters. The monoisotopic (exact) mass is 175 g/mol. The predicted octanol–water partition coefficient (Wildman–Crippen LogP) is 2.73. The second-order valence-electron chi connectivity index (χ2n) is 2.93. The van der Waals surface area contributed by atoms with Crippen LogP contribution in [0.1, 0.15) is 6.42 Å². The number of hydrogen-bond donors (Lipinski definition) is 1. The van der Waals surface area contributed by atoms with E-state index in [0.29, 0.717) is 6.42 Å². The van der Waals surface area contributed by atoms with E-state index in [4.69, 9.17) is 0 Å². The summed E-state index contributed by atoms with van der Waals surface area (Å²) in [5.41, 5.74) is 2.16. The van der Waals surface area contributed by atoms with Crippen LogP contribution >= 0.6 is 0 Å². The summed E-state index contributed by atoms with van der Waals surface area (Å²) >= 11 is 0. The fourth-order valence-electron chi connectivity index (χ4n) is 1.32. The zero-order valence-electron chi connectivity index (χ0n) is 7.13. The van der Waals surface area contributed by atoms with E-state index in [2.05, 4.69) is 5.32 Å². The highest BCUT2D eigenvalue weighted by Gasteiger charge is 2.05. The second-order valence-corrected chi connectivity index (χ2v) is 2.93. The Hall–Kier alpha value is -1.57. The van der Waals surface area contributed by atoms with Gasteiger partial charge in [-0.05, 0) is 36.3 Å². The van der Waals surface area contributed by atoms with Crippen molar-refractivity contribution in [1.29, 1.82) is 0 Å². The Kier molecular flexibility index (Phi) is 2.13. The lowest BCUT2D eigenvalue weighted by Crippen LogP contribution is -2.08. The van der Waals surface area contributed by atoms with Crippen molar-refractivity contribution in [2.45, 2.75) is 6.42 Å². The Labute approximate surface area is 76.6 Å². The third kappa shape index (κ3) is 1.78. The van der Waals surface area contributed by atoms with E-state index in [1.165, 1.54) is 6.08 Å². The quantitative estimate of drug-likeness (QED) is 0.597. The molecule has 0 fully saturated rings. The average molecular weight is 175 g/mol. The SMILES string of the molecule is FC1=CCC(=C2C=CC=CN2)C=C1. The lowest BCUT2D eigenvalue weighted by molar-refractivity contribution is 0.658. The van der Waals surface area contributed by atoms with Gasteiger partial charge in [-0.3, -0.25) is 0 Å². The fraction of sp³-hybridized carbons (Fsp3) is 0.0909. The summed E-state index contributed by atoms with van der Waals surface area (Å²) in [5, 5.41) is 3.11. The van der Waals surface area contributed by atoms with E-state index in [1.807, 2.05) is 24.4 Å². The highest BCUT2D eigenvalue weighted by molar-refractivity contribution is 5.41. The number of hydrogen-bond acceptors (Lipinski definition) is 1. The maximum Gasteiger partial charge on any atom is 0.119 e. The van der Waals surface area contributed by atoms with Gasteiger partial charge in [0.15, 0.2) is 0 Å². The summed E-state index contributed by atoms with van der Waals surface area (Å²) in [4.78, 5) is 0. The van der Waals surface area contributed by atoms with Crippen LogP contribution in [0.5, 0.6) is 0 Å². The molecule has 1 aliphatic heterocycles. The first-order valence-corrected chi connectivity index (χ1v) is 4.23. The van der Waals surface area contributed by atoms with Gasteiger partial charge in [0, 0.05) is 11.9 Å². The Bertz CT molecular complexity index is 356. The number of rotatable bonds is 0. The molecule has 0 radical (unpaired) electrons. The zero-order chi connectivity index (χ0) is 9.10. The normalized spacial score (nSPS) is 25.8. The largest absolute Gasteiger partial charge is 0.361 e. The van der Waals surface area contributed by atoms with Gasteiger partial charge in [-0.25, -0.2) is 4.39 Å². The first kappa shape index (κ1) is 8.05. The van der Waals surface area contributed by atoms with Gasteiger partial charge in [0.25, 0.3) is 0 Å². The number of dihydropyridines is 1. The maximum atomic E-state index is 12.6. The topological polar surface area (TPSA) is 12.0 Å². The van der Waals surface area contributed by atoms with Gasteiger partial charge in [-0.1, -0.05) is 12.2 Å². The van der Waals surface area contributed by atoms with E-state index in [-0.39, 0.29) is 5.83 Å². The molecule has 0 aromatic rings. The van der Waals surface area contributed by atoms with Crippen LogP contribution < -0.4 is 5.32 Å². The zero-order valence-corrected chi connectivity index (χ0v) is 7.13. The van der Waals surface area contributed by atoms with Gasteiger partial charge in [0.1, 0.15) is 5.83 Å². The van der Waals surface area contributed by atoms with Crippen molar-refractivity contribution in [3.63, 3.8) is 0 Å².